The number of unbranched alkanes of at least 4 members (excludes halogenated alkanes) is 2. The van der Waals surface area contributed by atoms with Crippen LogP contribution in [0.15, 0.2) is 12.5 Å². The number of hydrogen-bond acceptors (Lipinski definition) is 4. The molecule has 0 amide bonds. The van der Waals surface area contributed by atoms with E-state index in [-0.39, 0.29) is 5.69 Å². The molecular formula is C14H23N3O2. The molecule has 0 spiro atoms. The van der Waals surface area contributed by atoms with Crippen LogP contribution >= 0.6 is 0 Å². The van der Waals surface area contributed by atoms with Crippen LogP contribution < -0.4 is 0 Å². The second kappa shape index (κ2) is 8.58. The quantitative estimate of drug-likeness (QED) is 0.743. The molecule has 0 atom stereocenters. The summed E-state index contributed by atoms with van der Waals surface area (Å²) in [5.74, 6) is -0.983. The molecule has 0 bridgehead atoms. The largest absolute Gasteiger partial charge is 0.476 e. The molecule has 0 saturated heterocycles. The second-order valence-electron chi connectivity index (χ2n) is 4.68. The molecule has 0 saturated carbocycles. The predicted octanol–water partition coefficient (Wildman–Crippen LogP) is 2.58. The Morgan fingerprint density at radius 3 is 2.42 bits per heavy atom. The van der Waals surface area contributed by atoms with Gasteiger partial charge in [0.25, 0.3) is 0 Å². The highest BCUT2D eigenvalue weighted by atomic mass is 16.4. The molecule has 1 aromatic heterocycles. The number of aromatic carboxylic acids is 1. The lowest BCUT2D eigenvalue weighted by molar-refractivity contribution is 0.0687. The van der Waals surface area contributed by atoms with Gasteiger partial charge < -0.3 is 5.11 Å². The first-order valence-corrected chi connectivity index (χ1v) is 6.93. The van der Waals surface area contributed by atoms with E-state index in [0.717, 1.165) is 38.8 Å². The molecule has 1 rings (SSSR count). The lowest BCUT2D eigenvalue weighted by Crippen LogP contribution is -2.27. The van der Waals surface area contributed by atoms with Crippen molar-refractivity contribution < 1.29 is 9.90 Å². The van der Waals surface area contributed by atoms with Gasteiger partial charge in [-0.25, -0.2) is 14.8 Å². The Morgan fingerprint density at radius 2 is 1.89 bits per heavy atom. The van der Waals surface area contributed by atoms with Crippen molar-refractivity contribution in [3.63, 3.8) is 0 Å². The number of carboxylic acid groups (broad SMARTS) is 1. The summed E-state index contributed by atoms with van der Waals surface area (Å²) in [5, 5.41) is 9.12. The summed E-state index contributed by atoms with van der Waals surface area (Å²) in [4.78, 5) is 21.2. The van der Waals surface area contributed by atoms with Crippen molar-refractivity contribution in [2.75, 3.05) is 13.1 Å². The molecule has 0 fully saturated rings. The minimum atomic E-state index is -0.983. The maximum Gasteiger partial charge on any atom is 0.354 e. The van der Waals surface area contributed by atoms with Gasteiger partial charge in [-0.05, 0) is 25.9 Å². The fourth-order valence-corrected chi connectivity index (χ4v) is 1.94. The van der Waals surface area contributed by atoms with Crippen molar-refractivity contribution in [2.45, 2.75) is 46.1 Å². The molecule has 0 unspecified atom stereocenters. The zero-order valence-electron chi connectivity index (χ0n) is 11.8. The monoisotopic (exact) mass is 265 g/mol. The van der Waals surface area contributed by atoms with E-state index in [1.165, 1.54) is 6.33 Å². The maximum absolute atomic E-state index is 11.1. The lowest BCUT2D eigenvalue weighted by Gasteiger charge is -2.22. The summed E-state index contributed by atoms with van der Waals surface area (Å²) < 4.78 is 0. The Bertz CT molecular complexity index is 388. The van der Waals surface area contributed by atoms with Gasteiger partial charge in [-0.15, -0.1) is 0 Å². The normalized spacial score (nSPS) is 10.9. The van der Waals surface area contributed by atoms with Gasteiger partial charge in [0.1, 0.15) is 6.33 Å². The fourth-order valence-electron chi connectivity index (χ4n) is 1.94. The van der Waals surface area contributed by atoms with Gasteiger partial charge >= 0.3 is 5.97 Å². The molecule has 0 radical (unpaired) electrons. The Morgan fingerprint density at radius 1 is 1.26 bits per heavy atom. The number of hydrogen-bond donors (Lipinski definition) is 1. The third-order valence-electron chi connectivity index (χ3n) is 3.04. The van der Waals surface area contributed by atoms with E-state index >= 15 is 0 Å². The van der Waals surface area contributed by atoms with Crippen LogP contribution in [0.4, 0.5) is 0 Å². The van der Waals surface area contributed by atoms with E-state index in [1.54, 1.807) is 6.20 Å². The molecule has 5 nitrogen and oxygen atoms in total. The van der Waals surface area contributed by atoms with E-state index in [4.69, 9.17) is 5.11 Å². The summed E-state index contributed by atoms with van der Waals surface area (Å²) in [7, 11) is 0. The van der Waals surface area contributed by atoms with Crippen LogP contribution in [-0.2, 0) is 6.54 Å². The van der Waals surface area contributed by atoms with Crippen molar-refractivity contribution in [2.24, 2.45) is 0 Å². The Balaban J connectivity index is 2.74. The van der Waals surface area contributed by atoms with Gasteiger partial charge in [-0.3, -0.25) is 4.90 Å². The highest BCUT2D eigenvalue weighted by Gasteiger charge is 2.14. The molecule has 0 aliphatic heterocycles. The van der Waals surface area contributed by atoms with Crippen molar-refractivity contribution >= 4 is 5.97 Å². The highest BCUT2D eigenvalue weighted by Crippen LogP contribution is 2.10. The van der Waals surface area contributed by atoms with Crippen LogP contribution in [0.2, 0.25) is 0 Å². The average Bonchev–Trinajstić information content (AvgIpc) is 2.42. The standard InChI is InChI=1S/C14H23N3O2/c1-3-5-7-17(8-6-4-2)10-12-9-15-11-16-13(12)14(18)19/h9,11H,3-8,10H2,1-2H3,(H,18,19). The van der Waals surface area contributed by atoms with Crippen LogP contribution in [0.25, 0.3) is 0 Å². The number of carboxylic acids is 1. The minimum Gasteiger partial charge on any atom is -0.476 e. The molecule has 5 heteroatoms. The number of nitrogens with zero attached hydrogens (tertiary/aromatic N) is 3. The first-order valence-electron chi connectivity index (χ1n) is 6.93. The third kappa shape index (κ3) is 5.34. The molecule has 0 aliphatic carbocycles. The molecule has 0 aromatic carbocycles. The molecule has 1 heterocycles. The zero-order valence-corrected chi connectivity index (χ0v) is 11.8. The van der Waals surface area contributed by atoms with Crippen LogP contribution in [-0.4, -0.2) is 39.0 Å². The van der Waals surface area contributed by atoms with Crippen molar-refractivity contribution in [1.29, 1.82) is 0 Å². The first-order chi connectivity index (χ1) is 9.19. The lowest BCUT2D eigenvalue weighted by atomic mass is 10.2. The fraction of sp³-hybridized carbons (Fsp3) is 0.643. The van der Waals surface area contributed by atoms with Gasteiger partial charge in [-0.1, -0.05) is 26.7 Å². The van der Waals surface area contributed by atoms with Crippen LogP contribution in [0.3, 0.4) is 0 Å². The average molecular weight is 265 g/mol. The summed E-state index contributed by atoms with van der Waals surface area (Å²) in [6.07, 6.45) is 7.43. The topological polar surface area (TPSA) is 66.3 Å². The minimum absolute atomic E-state index is 0.119. The van der Waals surface area contributed by atoms with Gasteiger partial charge in [0.15, 0.2) is 5.69 Å². The summed E-state index contributed by atoms with van der Waals surface area (Å²) in [6, 6.07) is 0. The molecule has 1 aromatic rings. The van der Waals surface area contributed by atoms with Gasteiger partial charge in [0.05, 0.1) is 0 Å². The molecule has 106 valence electrons. The van der Waals surface area contributed by atoms with Crippen molar-refractivity contribution in [1.82, 2.24) is 14.9 Å². The molecule has 19 heavy (non-hydrogen) atoms. The maximum atomic E-state index is 11.1. The van der Waals surface area contributed by atoms with E-state index in [0.29, 0.717) is 12.1 Å². The van der Waals surface area contributed by atoms with E-state index in [1.807, 2.05) is 0 Å². The van der Waals surface area contributed by atoms with E-state index in [2.05, 4.69) is 28.7 Å². The summed E-state index contributed by atoms with van der Waals surface area (Å²) in [5.41, 5.74) is 0.815. The van der Waals surface area contributed by atoms with Crippen LogP contribution in [0.1, 0.15) is 55.6 Å². The van der Waals surface area contributed by atoms with Crippen LogP contribution in [0.5, 0.6) is 0 Å². The molecule has 1 N–H and O–H groups in total. The Kier molecular flexibility index (Phi) is 7.03. The summed E-state index contributed by atoms with van der Waals surface area (Å²) in [6.45, 7) is 6.91. The van der Waals surface area contributed by atoms with Crippen LogP contribution in [0, 0.1) is 0 Å². The third-order valence-corrected chi connectivity index (χ3v) is 3.04. The molecule has 0 aliphatic rings. The van der Waals surface area contributed by atoms with E-state index < -0.39 is 5.97 Å². The van der Waals surface area contributed by atoms with Gasteiger partial charge in [0, 0.05) is 18.3 Å². The Labute approximate surface area is 114 Å². The summed E-state index contributed by atoms with van der Waals surface area (Å²) >= 11 is 0. The predicted molar refractivity (Wildman–Crippen MR) is 74.1 cm³/mol. The first kappa shape index (κ1) is 15.6. The SMILES string of the molecule is CCCCN(CCCC)Cc1cncnc1C(=O)O. The second-order valence-corrected chi connectivity index (χ2v) is 4.68. The van der Waals surface area contributed by atoms with Crippen molar-refractivity contribution in [3.8, 4) is 0 Å². The Hall–Kier alpha value is -1.49. The smallest absolute Gasteiger partial charge is 0.354 e. The van der Waals surface area contributed by atoms with Crippen molar-refractivity contribution in [3.05, 3.63) is 23.8 Å². The number of aromatic nitrogens is 2. The van der Waals surface area contributed by atoms with E-state index in [9.17, 15) is 4.79 Å². The zero-order chi connectivity index (χ0) is 14.1. The number of carbonyl (C=O) groups is 1. The molecular weight excluding hydrogens is 242 g/mol. The van der Waals surface area contributed by atoms with Gasteiger partial charge in [0.2, 0.25) is 0 Å². The highest BCUT2D eigenvalue weighted by molar-refractivity contribution is 5.86. The number of rotatable bonds is 9. The van der Waals surface area contributed by atoms with Gasteiger partial charge in [-0.2, -0.15) is 0 Å².